The van der Waals surface area contributed by atoms with Gasteiger partial charge in [0, 0.05) is 12.2 Å². The number of hydrogen-bond acceptors (Lipinski definition) is 5. The van der Waals surface area contributed by atoms with E-state index in [1.807, 2.05) is 50.2 Å². The summed E-state index contributed by atoms with van der Waals surface area (Å²) >= 11 is 1.39. The highest BCUT2D eigenvalue weighted by Crippen LogP contribution is 2.27. The third kappa shape index (κ3) is 3.93. The second kappa shape index (κ2) is 8.73. The molecule has 2 aromatic carbocycles. The van der Waals surface area contributed by atoms with Gasteiger partial charge in [0.15, 0.2) is 5.16 Å². The summed E-state index contributed by atoms with van der Waals surface area (Å²) in [5.74, 6) is 0.216. The Balaban J connectivity index is 2.15. The maximum absolute atomic E-state index is 13.3. The Morgan fingerprint density at radius 3 is 2.50 bits per heavy atom. The summed E-state index contributed by atoms with van der Waals surface area (Å²) in [5, 5.41) is 19.3. The smallest absolute Gasteiger partial charge is 0.266 e. The van der Waals surface area contributed by atoms with Gasteiger partial charge in [0.2, 0.25) is 0 Å². The maximum atomic E-state index is 13.3. The first kappa shape index (κ1) is 19.7. The molecule has 0 aliphatic rings. The van der Waals surface area contributed by atoms with Crippen LogP contribution in [0.1, 0.15) is 24.0 Å². The van der Waals surface area contributed by atoms with E-state index >= 15 is 0 Å². The zero-order valence-corrected chi connectivity index (χ0v) is 16.7. The van der Waals surface area contributed by atoms with Crippen molar-refractivity contribution < 1.29 is 0 Å². The van der Waals surface area contributed by atoms with Crippen molar-refractivity contribution in [2.45, 2.75) is 31.8 Å². The predicted molar refractivity (Wildman–Crippen MR) is 111 cm³/mol. The topological polar surface area (TPSA) is 82.5 Å². The van der Waals surface area contributed by atoms with Crippen LogP contribution in [-0.2, 0) is 0 Å². The van der Waals surface area contributed by atoms with Gasteiger partial charge >= 0.3 is 0 Å². The minimum atomic E-state index is -0.264. The highest BCUT2D eigenvalue weighted by atomic mass is 32.2. The predicted octanol–water partition coefficient (Wildman–Crippen LogP) is 4.54. The van der Waals surface area contributed by atoms with Crippen molar-refractivity contribution in [2.24, 2.45) is 5.92 Å². The fourth-order valence-corrected chi connectivity index (χ4v) is 4.22. The van der Waals surface area contributed by atoms with Gasteiger partial charge in [-0.25, -0.2) is 4.98 Å². The highest BCUT2D eigenvalue weighted by Gasteiger charge is 2.18. The molecule has 0 N–H and O–H groups in total. The number of nitriles is 2. The molecule has 0 bridgehead atoms. The van der Waals surface area contributed by atoms with Gasteiger partial charge in [0.25, 0.3) is 5.56 Å². The molecule has 3 aromatic rings. The Labute approximate surface area is 168 Å². The van der Waals surface area contributed by atoms with Crippen molar-refractivity contribution in [1.29, 1.82) is 10.5 Å². The number of rotatable bonds is 6. The van der Waals surface area contributed by atoms with Gasteiger partial charge in [-0.2, -0.15) is 10.5 Å². The van der Waals surface area contributed by atoms with Gasteiger partial charge in [-0.1, -0.05) is 42.1 Å². The van der Waals surface area contributed by atoms with E-state index in [9.17, 15) is 10.1 Å². The number of thioether (sulfide) groups is 1. The van der Waals surface area contributed by atoms with Crippen LogP contribution in [0, 0.1) is 42.4 Å². The lowest BCUT2D eigenvalue weighted by atomic mass is 10.1. The normalized spacial score (nSPS) is 11.7. The van der Waals surface area contributed by atoms with Crippen molar-refractivity contribution in [3.63, 3.8) is 0 Å². The molecule has 0 aliphatic carbocycles. The fraction of sp³-hybridized carbons (Fsp3) is 0.273. The van der Waals surface area contributed by atoms with Crippen LogP contribution in [0.2, 0.25) is 0 Å². The second-order valence-electron chi connectivity index (χ2n) is 6.63. The molecule has 0 fully saturated rings. The Morgan fingerprint density at radius 2 is 1.82 bits per heavy atom. The van der Waals surface area contributed by atoms with Crippen LogP contribution in [0.4, 0.5) is 0 Å². The van der Waals surface area contributed by atoms with Crippen molar-refractivity contribution in [3.05, 3.63) is 63.9 Å². The molecular weight excluding hydrogens is 368 g/mol. The van der Waals surface area contributed by atoms with Gasteiger partial charge in [-0.3, -0.25) is 9.36 Å². The average Bonchev–Trinajstić information content (AvgIpc) is 2.70. The van der Waals surface area contributed by atoms with Gasteiger partial charge in [-0.05, 0) is 43.5 Å². The summed E-state index contributed by atoms with van der Waals surface area (Å²) in [5.41, 5.74) is 3.34. The standard InChI is InChI=1S/C22H20N4OS/c1-15-7-5-8-16(2)20(15)26-21(27)18-10-3-4-11-19(18)25-22(26)28-14-17(13-24)9-6-12-23/h3-5,7-8,10-11,17H,6,9,14H2,1-2H3/t17-/m1/s1. The number of aryl methyl sites for hydroxylation is 2. The molecule has 0 saturated carbocycles. The van der Waals surface area contributed by atoms with E-state index in [-0.39, 0.29) is 11.5 Å². The molecule has 0 amide bonds. The lowest BCUT2D eigenvalue weighted by Crippen LogP contribution is -2.23. The molecule has 0 unspecified atom stereocenters. The Hall–Kier alpha value is -3.09. The van der Waals surface area contributed by atoms with Crippen LogP contribution < -0.4 is 5.56 Å². The number of benzene rings is 2. The average molecular weight is 388 g/mol. The minimum absolute atomic E-state index is 0.115. The molecule has 28 heavy (non-hydrogen) atoms. The van der Waals surface area contributed by atoms with Gasteiger partial charge in [-0.15, -0.1) is 0 Å². The summed E-state index contributed by atoms with van der Waals surface area (Å²) in [4.78, 5) is 18.1. The summed E-state index contributed by atoms with van der Waals surface area (Å²) in [6.45, 7) is 3.95. The summed E-state index contributed by atoms with van der Waals surface area (Å²) < 4.78 is 1.66. The van der Waals surface area contributed by atoms with Gasteiger partial charge in [0.05, 0.1) is 34.6 Å². The fourth-order valence-electron chi connectivity index (χ4n) is 3.16. The van der Waals surface area contributed by atoms with Crippen LogP contribution >= 0.6 is 11.8 Å². The summed E-state index contributed by atoms with van der Waals surface area (Å²) in [6, 6.07) is 17.6. The quantitative estimate of drug-likeness (QED) is 0.457. The van der Waals surface area contributed by atoms with E-state index in [2.05, 4.69) is 12.1 Å². The van der Waals surface area contributed by atoms with E-state index in [1.54, 1.807) is 10.6 Å². The molecule has 6 heteroatoms. The van der Waals surface area contributed by atoms with E-state index in [1.165, 1.54) is 11.8 Å². The van der Waals surface area contributed by atoms with Crippen LogP contribution in [-0.4, -0.2) is 15.3 Å². The monoisotopic (exact) mass is 388 g/mol. The van der Waals surface area contributed by atoms with E-state index in [0.717, 1.165) is 16.8 Å². The molecule has 3 rings (SSSR count). The Kier molecular flexibility index (Phi) is 6.13. The number of fused-ring (bicyclic) bond motifs is 1. The second-order valence-corrected chi connectivity index (χ2v) is 7.61. The SMILES string of the molecule is Cc1cccc(C)c1-n1c(SC[C@@H](C#N)CCC#N)nc2ccccc2c1=O. The molecule has 0 spiro atoms. The number of para-hydroxylation sites is 2. The zero-order chi connectivity index (χ0) is 20.1. The van der Waals surface area contributed by atoms with Crippen molar-refractivity contribution in [2.75, 3.05) is 5.75 Å². The first-order valence-electron chi connectivity index (χ1n) is 9.04. The van der Waals surface area contributed by atoms with Crippen molar-refractivity contribution >= 4 is 22.7 Å². The highest BCUT2D eigenvalue weighted by molar-refractivity contribution is 7.99. The first-order valence-corrected chi connectivity index (χ1v) is 10.0. The molecule has 0 radical (unpaired) electrons. The summed E-state index contributed by atoms with van der Waals surface area (Å²) in [6.07, 6.45) is 0.856. The van der Waals surface area contributed by atoms with E-state index in [0.29, 0.717) is 34.7 Å². The Bertz CT molecular complexity index is 1130. The maximum Gasteiger partial charge on any atom is 0.266 e. The number of aromatic nitrogens is 2. The molecule has 1 atom stereocenters. The molecule has 140 valence electrons. The van der Waals surface area contributed by atoms with E-state index < -0.39 is 0 Å². The Morgan fingerprint density at radius 1 is 1.11 bits per heavy atom. The first-order chi connectivity index (χ1) is 13.6. The molecule has 0 aliphatic heterocycles. The number of nitrogens with zero attached hydrogens (tertiary/aromatic N) is 4. The third-order valence-electron chi connectivity index (χ3n) is 4.61. The van der Waals surface area contributed by atoms with Gasteiger partial charge < -0.3 is 0 Å². The molecule has 1 heterocycles. The minimum Gasteiger partial charge on any atom is -0.268 e. The largest absolute Gasteiger partial charge is 0.268 e. The van der Waals surface area contributed by atoms with Crippen molar-refractivity contribution in [3.8, 4) is 17.8 Å². The molecular formula is C22H20N4OS. The lowest BCUT2D eigenvalue weighted by Gasteiger charge is -2.17. The third-order valence-corrected chi connectivity index (χ3v) is 5.71. The van der Waals surface area contributed by atoms with Crippen LogP contribution in [0.25, 0.3) is 16.6 Å². The van der Waals surface area contributed by atoms with Crippen LogP contribution in [0.15, 0.2) is 52.4 Å². The number of hydrogen-bond donors (Lipinski definition) is 0. The zero-order valence-electron chi connectivity index (χ0n) is 15.8. The molecule has 5 nitrogen and oxygen atoms in total. The van der Waals surface area contributed by atoms with Crippen LogP contribution in [0.5, 0.6) is 0 Å². The van der Waals surface area contributed by atoms with Gasteiger partial charge in [0.1, 0.15) is 0 Å². The molecule has 0 saturated heterocycles. The molecule has 1 aromatic heterocycles. The summed E-state index contributed by atoms with van der Waals surface area (Å²) in [7, 11) is 0. The van der Waals surface area contributed by atoms with Crippen LogP contribution in [0.3, 0.4) is 0 Å². The van der Waals surface area contributed by atoms with Crippen molar-refractivity contribution in [1.82, 2.24) is 9.55 Å². The lowest BCUT2D eigenvalue weighted by molar-refractivity contribution is 0.682. The van der Waals surface area contributed by atoms with E-state index in [4.69, 9.17) is 10.2 Å².